The van der Waals surface area contributed by atoms with E-state index in [1.54, 1.807) is 31.2 Å². The molecule has 0 radical (unpaired) electrons. The van der Waals surface area contributed by atoms with Crippen molar-refractivity contribution in [1.82, 2.24) is 5.32 Å². The summed E-state index contributed by atoms with van der Waals surface area (Å²) in [5.41, 5.74) is -0.876. The normalized spacial score (nSPS) is 13.9. The van der Waals surface area contributed by atoms with E-state index in [2.05, 4.69) is 5.32 Å². The van der Waals surface area contributed by atoms with Gasteiger partial charge in [0.2, 0.25) is 0 Å². The van der Waals surface area contributed by atoms with Crippen molar-refractivity contribution in [3.63, 3.8) is 0 Å². The van der Waals surface area contributed by atoms with Gasteiger partial charge in [-0.25, -0.2) is 0 Å². The number of rotatable bonds is 4. The number of aliphatic hydroxyl groups is 1. The Balaban J connectivity index is 2.25. The molecule has 1 heterocycles. The lowest BCUT2D eigenvalue weighted by Gasteiger charge is -2.21. The van der Waals surface area contributed by atoms with Gasteiger partial charge in [-0.05, 0) is 25.5 Å². The second kappa shape index (κ2) is 5.46. The first-order chi connectivity index (χ1) is 9.43. The number of carbonyl (C=O) groups is 1. The molecule has 1 aromatic heterocycles. The minimum Gasteiger partial charge on any atom is -0.451 e. The molecule has 2 N–H and O–H groups in total. The third-order valence-corrected chi connectivity index (χ3v) is 3.25. The van der Waals surface area contributed by atoms with Gasteiger partial charge in [-0.1, -0.05) is 19.1 Å². The van der Waals surface area contributed by atoms with Crippen LogP contribution in [-0.2, 0) is 0 Å². The van der Waals surface area contributed by atoms with Gasteiger partial charge in [-0.3, -0.25) is 9.59 Å². The highest BCUT2D eigenvalue weighted by Crippen LogP contribution is 2.12. The number of hydrogen-bond donors (Lipinski definition) is 2. The molecule has 106 valence electrons. The third kappa shape index (κ3) is 3.05. The first-order valence-electron chi connectivity index (χ1n) is 6.46. The molecule has 0 saturated carbocycles. The highest BCUT2D eigenvalue weighted by Gasteiger charge is 2.20. The largest absolute Gasteiger partial charge is 0.451 e. The minimum absolute atomic E-state index is 0.0550. The zero-order valence-electron chi connectivity index (χ0n) is 11.5. The standard InChI is InChI=1S/C15H17NO4/c1-3-15(2,19)9-16-14(18)13-8-11(17)10-6-4-5-7-12(10)20-13/h4-8,19H,3,9H2,1-2H3,(H,16,18). The van der Waals surface area contributed by atoms with E-state index in [-0.39, 0.29) is 17.7 Å². The topological polar surface area (TPSA) is 79.5 Å². The lowest BCUT2D eigenvalue weighted by Crippen LogP contribution is -2.40. The average Bonchev–Trinajstić information content (AvgIpc) is 2.45. The molecule has 2 rings (SSSR count). The molecule has 0 saturated heterocycles. The van der Waals surface area contributed by atoms with Crippen LogP contribution < -0.4 is 10.7 Å². The van der Waals surface area contributed by atoms with Crippen molar-refractivity contribution < 1.29 is 14.3 Å². The van der Waals surface area contributed by atoms with Crippen LogP contribution in [0, 0.1) is 0 Å². The van der Waals surface area contributed by atoms with Gasteiger partial charge in [0.15, 0.2) is 11.2 Å². The number of para-hydroxylation sites is 1. The van der Waals surface area contributed by atoms with E-state index >= 15 is 0 Å². The molecule has 1 atom stereocenters. The van der Waals surface area contributed by atoms with E-state index in [0.717, 1.165) is 0 Å². The van der Waals surface area contributed by atoms with E-state index in [1.807, 2.05) is 6.92 Å². The highest BCUT2D eigenvalue weighted by molar-refractivity contribution is 5.93. The fraction of sp³-hybridized carbons (Fsp3) is 0.333. The zero-order valence-corrected chi connectivity index (χ0v) is 11.5. The van der Waals surface area contributed by atoms with Crippen molar-refractivity contribution >= 4 is 16.9 Å². The Labute approximate surface area is 116 Å². The van der Waals surface area contributed by atoms with Gasteiger partial charge in [0.1, 0.15) is 5.58 Å². The second-order valence-electron chi connectivity index (χ2n) is 5.00. The van der Waals surface area contributed by atoms with E-state index in [0.29, 0.717) is 17.4 Å². The Morgan fingerprint density at radius 3 is 2.80 bits per heavy atom. The number of amides is 1. The molecule has 1 unspecified atom stereocenters. The van der Waals surface area contributed by atoms with Crippen LogP contribution in [0.4, 0.5) is 0 Å². The van der Waals surface area contributed by atoms with Crippen LogP contribution in [0.15, 0.2) is 39.5 Å². The van der Waals surface area contributed by atoms with Crippen molar-refractivity contribution in [2.24, 2.45) is 0 Å². The van der Waals surface area contributed by atoms with E-state index in [9.17, 15) is 14.7 Å². The molecular formula is C15H17NO4. The van der Waals surface area contributed by atoms with E-state index in [1.165, 1.54) is 6.07 Å². The molecule has 0 bridgehead atoms. The molecule has 0 aliphatic heterocycles. The maximum atomic E-state index is 11.9. The van der Waals surface area contributed by atoms with Crippen molar-refractivity contribution in [2.45, 2.75) is 25.9 Å². The Morgan fingerprint density at radius 2 is 2.10 bits per heavy atom. The molecular weight excluding hydrogens is 258 g/mol. The van der Waals surface area contributed by atoms with Gasteiger partial charge >= 0.3 is 0 Å². The molecule has 1 aromatic carbocycles. The van der Waals surface area contributed by atoms with Crippen LogP contribution in [0.5, 0.6) is 0 Å². The number of hydrogen-bond acceptors (Lipinski definition) is 4. The highest BCUT2D eigenvalue weighted by atomic mass is 16.3. The maximum Gasteiger partial charge on any atom is 0.287 e. The van der Waals surface area contributed by atoms with Crippen LogP contribution in [-0.4, -0.2) is 23.2 Å². The van der Waals surface area contributed by atoms with Gasteiger partial charge in [0, 0.05) is 12.6 Å². The predicted molar refractivity (Wildman–Crippen MR) is 75.7 cm³/mol. The van der Waals surface area contributed by atoms with Crippen LogP contribution in [0.3, 0.4) is 0 Å². The first-order valence-corrected chi connectivity index (χ1v) is 6.46. The summed E-state index contributed by atoms with van der Waals surface area (Å²) in [6, 6.07) is 7.91. The van der Waals surface area contributed by atoms with Crippen LogP contribution in [0.1, 0.15) is 30.8 Å². The summed E-state index contributed by atoms with van der Waals surface area (Å²) in [5.74, 6) is -0.567. The molecule has 0 spiro atoms. The molecule has 0 aliphatic carbocycles. The maximum absolute atomic E-state index is 11.9. The van der Waals surface area contributed by atoms with Crippen LogP contribution in [0.25, 0.3) is 11.0 Å². The monoisotopic (exact) mass is 275 g/mol. The van der Waals surface area contributed by atoms with Crippen molar-refractivity contribution in [3.8, 4) is 0 Å². The summed E-state index contributed by atoms with van der Waals surface area (Å²) >= 11 is 0. The Morgan fingerprint density at radius 1 is 1.40 bits per heavy atom. The summed E-state index contributed by atoms with van der Waals surface area (Å²) in [5, 5.41) is 12.8. The number of carbonyl (C=O) groups excluding carboxylic acids is 1. The Bertz CT molecular complexity index is 688. The van der Waals surface area contributed by atoms with Gasteiger partial charge in [0.05, 0.1) is 11.0 Å². The molecule has 1 amide bonds. The average molecular weight is 275 g/mol. The van der Waals surface area contributed by atoms with Gasteiger partial charge < -0.3 is 14.8 Å². The quantitative estimate of drug-likeness (QED) is 0.889. The fourth-order valence-corrected chi connectivity index (χ4v) is 1.70. The molecule has 2 aromatic rings. The molecule has 5 heteroatoms. The second-order valence-corrected chi connectivity index (χ2v) is 5.00. The fourth-order valence-electron chi connectivity index (χ4n) is 1.70. The number of fused-ring (bicyclic) bond motifs is 1. The smallest absolute Gasteiger partial charge is 0.287 e. The Hall–Kier alpha value is -2.14. The summed E-state index contributed by atoms with van der Waals surface area (Å²) in [4.78, 5) is 23.8. The zero-order chi connectivity index (χ0) is 14.8. The van der Waals surface area contributed by atoms with Gasteiger partial charge in [0.25, 0.3) is 5.91 Å². The third-order valence-electron chi connectivity index (χ3n) is 3.25. The van der Waals surface area contributed by atoms with Crippen molar-refractivity contribution in [1.29, 1.82) is 0 Å². The first kappa shape index (κ1) is 14.3. The summed E-state index contributed by atoms with van der Waals surface area (Å²) in [6.07, 6.45) is 0.509. The predicted octanol–water partition coefficient (Wildman–Crippen LogP) is 1.68. The van der Waals surface area contributed by atoms with Crippen LogP contribution >= 0.6 is 0 Å². The Kier molecular flexibility index (Phi) is 3.90. The number of benzene rings is 1. The van der Waals surface area contributed by atoms with Gasteiger partial charge in [-0.15, -0.1) is 0 Å². The SMILES string of the molecule is CCC(C)(O)CNC(=O)c1cc(=O)c2ccccc2o1. The van der Waals surface area contributed by atoms with E-state index < -0.39 is 11.5 Å². The summed E-state index contributed by atoms with van der Waals surface area (Å²) in [7, 11) is 0. The van der Waals surface area contributed by atoms with Crippen molar-refractivity contribution in [3.05, 3.63) is 46.3 Å². The minimum atomic E-state index is -0.979. The number of nitrogens with one attached hydrogen (secondary N) is 1. The lowest BCUT2D eigenvalue weighted by molar-refractivity contribution is 0.0511. The van der Waals surface area contributed by atoms with Crippen molar-refractivity contribution in [2.75, 3.05) is 6.54 Å². The molecule has 20 heavy (non-hydrogen) atoms. The molecule has 5 nitrogen and oxygen atoms in total. The molecule has 0 fully saturated rings. The van der Waals surface area contributed by atoms with E-state index in [4.69, 9.17) is 4.42 Å². The van der Waals surface area contributed by atoms with Crippen LogP contribution in [0.2, 0.25) is 0 Å². The lowest BCUT2D eigenvalue weighted by atomic mass is 10.0. The summed E-state index contributed by atoms with van der Waals surface area (Å²) in [6.45, 7) is 3.55. The molecule has 0 aliphatic rings. The summed E-state index contributed by atoms with van der Waals surface area (Å²) < 4.78 is 5.41. The van der Waals surface area contributed by atoms with Gasteiger partial charge in [-0.2, -0.15) is 0 Å².